The van der Waals surface area contributed by atoms with Crippen LogP contribution in [0.5, 0.6) is 0 Å². The van der Waals surface area contributed by atoms with Crippen molar-refractivity contribution < 1.29 is 18.7 Å². The predicted molar refractivity (Wildman–Crippen MR) is 66.8 cm³/mol. The van der Waals surface area contributed by atoms with Crippen molar-refractivity contribution in [2.45, 2.75) is 19.8 Å². The Morgan fingerprint density at radius 1 is 1.47 bits per heavy atom. The molecule has 1 aromatic rings. The lowest BCUT2D eigenvalue weighted by molar-refractivity contribution is -0.142. The van der Waals surface area contributed by atoms with E-state index in [4.69, 9.17) is 4.74 Å². The summed E-state index contributed by atoms with van der Waals surface area (Å²) in [4.78, 5) is 36.4. The van der Waals surface area contributed by atoms with Crippen LogP contribution in [-0.2, 0) is 9.53 Å². The fourth-order valence-electron chi connectivity index (χ4n) is 1.42. The number of anilines is 1. The normalized spacial score (nSPS) is 10.1. The predicted octanol–water partition coefficient (Wildman–Crippen LogP) is 1.08. The Morgan fingerprint density at radius 2 is 2.16 bits per heavy atom. The number of nitrogens with one attached hydrogen (secondary N) is 2. The maximum atomic E-state index is 13.2. The number of hydrogen-bond donors (Lipinski definition) is 2. The van der Waals surface area contributed by atoms with Gasteiger partial charge in [-0.3, -0.25) is 14.4 Å². The van der Waals surface area contributed by atoms with E-state index in [1.807, 2.05) is 6.92 Å². The van der Waals surface area contributed by atoms with E-state index in [9.17, 15) is 18.8 Å². The van der Waals surface area contributed by atoms with E-state index >= 15 is 0 Å². The van der Waals surface area contributed by atoms with E-state index in [0.29, 0.717) is 6.42 Å². The van der Waals surface area contributed by atoms with Crippen LogP contribution in [0.1, 0.15) is 30.1 Å². The Morgan fingerprint density at radius 3 is 2.74 bits per heavy atom. The van der Waals surface area contributed by atoms with Gasteiger partial charge >= 0.3 is 5.97 Å². The molecular formula is C12H15FN2O4. The second-order valence-electron chi connectivity index (χ2n) is 3.81. The van der Waals surface area contributed by atoms with Crippen molar-refractivity contribution in [3.8, 4) is 0 Å². The van der Waals surface area contributed by atoms with Gasteiger partial charge in [0.05, 0.1) is 12.2 Å². The molecular weight excluding hydrogens is 255 g/mol. The van der Waals surface area contributed by atoms with E-state index in [0.717, 1.165) is 6.07 Å². The number of H-pyrrole nitrogens is 1. The Kier molecular flexibility index (Phi) is 5.23. The Labute approximate surface area is 109 Å². The van der Waals surface area contributed by atoms with E-state index in [-0.39, 0.29) is 18.0 Å². The minimum absolute atomic E-state index is 0.0692. The second kappa shape index (κ2) is 6.67. The lowest BCUT2D eigenvalue weighted by atomic mass is 10.1. The van der Waals surface area contributed by atoms with Crippen LogP contribution in [-0.4, -0.2) is 30.4 Å². The molecule has 104 valence electrons. The summed E-state index contributed by atoms with van der Waals surface area (Å²) in [5, 5.41) is 2.57. The number of halogens is 1. The number of esters is 1. The topological polar surface area (TPSA) is 88.3 Å². The molecule has 19 heavy (non-hydrogen) atoms. The van der Waals surface area contributed by atoms with Gasteiger partial charge in [0.1, 0.15) is 12.2 Å². The minimum atomic E-state index is -1.08. The first-order valence-electron chi connectivity index (χ1n) is 5.79. The van der Waals surface area contributed by atoms with Crippen LogP contribution in [0.15, 0.2) is 10.9 Å². The van der Waals surface area contributed by atoms with Crippen molar-refractivity contribution >= 4 is 17.6 Å². The minimum Gasteiger partial charge on any atom is -0.465 e. The summed E-state index contributed by atoms with van der Waals surface area (Å²) >= 11 is 0. The summed E-state index contributed by atoms with van der Waals surface area (Å²) in [6.07, 6.45) is 0.148. The third kappa shape index (κ3) is 3.90. The number of ketones is 1. The summed E-state index contributed by atoms with van der Waals surface area (Å²) in [5.74, 6) is -2.31. The summed E-state index contributed by atoms with van der Waals surface area (Å²) < 4.78 is 17.9. The third-order valence-electron chi connectivity index (χ3n) is 2.32. The van der Waals surface area contributed by atoms with Gasteiger partial charge in [0.15, 0.2) is 11.6 Å². The molecule has 0 aliphatic heterocycles. The third-order valence-corrected chi connectivity index (χ3v) is 2.32. The highest BCUT2D eigenvalue weighted by Crippen LogP contribution is 2.13. The van der Waals surface area contributed by atoms with Crippen molar-refractivity contribution in [3.05, 3.63) is 27.8 Å². The van der Waals surface area contributed by atoms with Crippen molar-refractivity contribution in [2.24, 2.45) is 0 Å². The van der Waals surface area contributed by atoms with Gasteiger partial charge in [-0.1, -0.05) is 6.92 Å². The van der Waals surface area contributed by atoms with Gasteiger partial charge in [-0.25, -0.2) is 4.39 Å². The summed E-state index contributed by atoms with van der Waals surface area (Å²) in [6.45, 7) is 2.05. The zero-order valence-corrected chi connectivity index (χ0v) is 10.7. The standard InChI is InChI=1S/C12H15FN2O4/c1-3-4-19-10(17)6-9(16)7-5-8(13)12(18)15-11(7)14-2/h5H,3-4,6H2,1-2H3,(H2,14,15,18). The molecule has 0 atom stereocenters. The fraction of sp³-hybridized carbons (Fsp3) is 0.417. The first-order valence-corrected chi connectivity index (χ1v) is 5.79. The summed E-state index contributed by atoms with van der Waals surface area (Å²) in [7, 11) is 1.47. The quantitative estimate of drug-likeness (QED) is 0.459. The molecule has 0 spiro atoms. The van der Waals surface area contributed by atoms with Crippen LogP contribution in [0, 0.1) is 5.82 Å². The molecule has 0 aliphatic carbocycles. The first kappa shape index (κ1) is 14.9. The van der Waals surface area contributed by atoms with Crippen LogP contribution in [0.25, 0.3) is 0 Å². The van der Waals surface area contributed by atoms with Gasteiger partial charge in [0.25, 0.3) is 5.56 Å². The smallest absolute Gasteiger partial charge is 0.313 e. The number of Topliss-reactive ketones (excluding diaryl/α,β-unsaturated/α-hetero) is 1. The highest BCUT2D eigenvalue weighted by Gasteiger charge is 2.18. The molecule has 7 heteroatoms. The molecule has 0 aromatic carbocycles. The molecule has 0 bridgehead atoms. The van der Waals surface area contributed by atoms with Gasteiger partial charge in [0.2, 0.25) is 0 Å². The number of ether oxygens (including phenoxy) is 1. The van der Waals surface area contributed by atoms with Crippen molar-refractivity contribution in [3.63, 3.8) is 0 Å². The average Bonchev–Trinajstić information content (AvgIpc) is 2.38. The maximum absolute atomic E-state index is 13.2. The zero-order valence-electron chi connectivity index (χ0n) is 10.7. The van der Waals surface area contributed by atoms with E-state index in [1.165, 1.54) is 7.05 Å². The molecule has 0 amide bonds. The molecule has 0 fully saturated rings. The Hall–Kier alpha value is -2.18. The van der Waals surface area contributed by atoms with Crippen molar-refractivity contribution in [2.75, 3.05) is 19.0 Å². The Bertz CT molecular complexity index is 539. The molecule has 6 nitrogen and oxygen atoms in total. The number of carbonyl (C=O) groups is 2. The number of hydrogen-bond acceptors (Lipinski definition) is 5. The molecule has 0 saturated heterocycles. The van der Waals surface area contributed by atoms with E-state index in [1.54, 1.807) is 0 Å². The largest absolute Gasteiger partial charge is 0.465 e. The molecule has 0 radical (unpaired) electrons. The van der Waals surface area contributed by atoms with E-state index < -0.39 is 29.5 Å². The molecule has 1 aromatic heterocycles. The van der Waals surface area contributed by atoms with Crippen LogP contribution in [0.4, 0.5) is 10.2 Å². The lowest BCUT2D eigenvalue weighted by Gasteiger charge is -2.08. The van der Waals surface area contributed by atoms with Crippen LogP contribution >= 0.6 is 0 Å². The molecule has 0 aliphatic rings. The van der Waals surface area contributed by atoms with Gasteiger partial charge < -0.3 is 15.0 Å². The number of pyridine rings is 1. The fourth-order valence-corrected chi connectivity index (χ4v) is 1.42. The monoisotopic (exact) mass is 270 g/mol. The summed E-state index contributed by atoms with van der Waals surface area (Å²) in [5.41, 5.74) is -1.03. The molecule has 1 heterocycles. The second-order valence-corrected chi connectivity index (χ2v) is 3.81. The zero-order chi connectivity index (χ0) is 14.4. The van der Waals surface area contributed by atoms with Gasteiger partial charge in [0, 0.05) is 7.05 Å². The highest BCUT2D eigenvalue weighted by atomic mass is 19.1. The van der Waals surface area contributed by atoms with Gasteiger partial charge in [-0.2, -0.15) is 0 Å². The number of aromatic nitrogens is 1. The molecule has 0 unspecified atom stereocenters. The van der Waals surface area contributed by atoms with Crippen LogP contribution < -0.4 is 10.9 Å². The van der Waals surface area contributed by atoms with Crippen LogP contribution in [0.2, 0.25) is 0 Å². The highest BCUT2D eigenvalue weighted by molar-refractivity contribution is 6.08. The lowest BCUT2D eigenvalue weighted by Crippen LogP contribution is -2.19. The SMILES string of the molecule is CCCOC(=O)CC(=O)c1cc(F)c(=O)[nH]c1NC. The molecule has 2 N–H and O–H groups in total. The average molecular weight is 270 g/mol. The van der Waals surface area contributed by atoms with E-state index in [2.05, 4.69) is 10.3 Å². The number of aromatic amines is 1. The Balaban J connectivity index is 2.90. The van der Waals surface area contributed by atoms with Crippen LogP contribution in [0.3, 0.4) is 0 Å². The van der Waals surface area contributed by atoms with Gasteiger partial charge in [-0.15, -0.1) is 0 Å². The number of carbonyl (C=O) groups excluding carboxylic acids is 2. The van der Waals surface area contributed by atoms with Gasteiger partial charge in [-0.05, 0) is 12.5 Å². The molecule has 0 saturated carbocycles. The summed E-state index contributed by atoms with van der Waals surface area (Å²) in [6, 6.07) is 0.806. The van der Waals surface area contributed by atoms with Crippen molar-refractivity contribution in [1.82, 2.24) is 4.98 Å². The first-order chi connectivity index (χ1) is 8.99. The van der Waals surface area contributed by atoms with Crippen molar-refractivity contribution in [1.29, 1.82) is 0 Å². The molecule has 1 rings (SSSR count). The maximum Gasteiger partial charge on any atom is 0.313 e. The number of rotatable bonds is 6.